The number of aromatic hydroxyl groups is 1. The summed E-state index contributed by atoms with van der Waals surface area (Å²) in [6, 6.07) is 21.4. The molecule has 2 heterocycles. The Morgan fingerprint density at radius 2 is 1.78 bits per heavy atom. The maximum Gasteiger partial charge on any atom is 0.205 e. The molecule has 1 aliphatic heterocycles. The molecular weight excluding hydrogens is 472 g/mol. The molecule has 7 heteroatoms. The molecule has 0 fully saturated rings. The number of phenolic OH excluding ortho intramolecular Hbond substituents is 1. The van der Waals surface area contributed by atoms with Gasteiger partial charge in [0.25, 0.3) is 0 Å². The number of allylic oxidation sites excluding steroid dienone is 1. The number of hydrogen-bond donors (Lipinski definition) is 2. The second kappa shape index (κ2) is 7.59. The van der Waals surface area contributed by atoms with Crippen LogP contribution >= 0.6 is 15.9 Å². The van der Waals surface area contributed by atoms with Crippen LogP contribution in [0.2, 0.25) is 0 Å². The first-order valence-electron chi connectivity index (χ1n) is 9.70. The van der Waals surface area contributed by atoms with E-state index in [1.807, 2.05) is 54.6 Å². The van der Waals surface area contributed by atoms with E-state index in [1.165, 1.54) is 12.1 Å². The van der Waals surface area contributed by atoms with E-state index in [1.54, 1.807) is 0 Å². The Kier molecular flexibility index (Phi) is 4.72. The second-order valence-electron chi connectivity index (χ2n) is 7.33. The highest BCUT2D eigenvalue weighted by Crippen LogP contribution is 2.48. The summed E-state index contributed by atoms with van der Waals surface area (Å²) in [6.45, 7) is 0. The predicted molar refractivity (Wildman–Crippen MR) is 123 cm³/mol. The lowest BCUT2D eigenvalue weighted by Crippen LogP contribution is -2.22. The summed E-state index contributed by atoms with van der Waals surface area (Å²) >= 11 is 3.42. The molecule has 0 bridgehead atoms. The van der Waals surface area contributed by atoms with E-state index in [0.717, 1.165) is 10.0 Å². The van der Waals surface area contributed by atoms with Crippen LogP contribution in [0.1, 0.15) is 17.0 Å². The lowest BCUT2D eigenvalue weighted by atomic mass is 9.82. The molecule has 3 aromatic carbocycles. The summed E-state index contributed by atoms with van der Waals surface area (Å²) in [5, 5.41) is 20.5. The van der Waals surface area contributed by atoms with Gasteiger partial charge in [0, 0.05) is 22.2 Å². The minimum atomic E-state index is -0.644. The standard InChI is InChI=1S/C25H15BrN2O4/c26-15-8-6-14(7-9-15)21-16(12-27)25(28)32-20-11-18(30)22-17(29)10-19(31-24(22)23(20)21)13-4-2-1-3-5-13/h1-11,21,30H,28H2. The number of nitriles is 1. The number of hydrogen-bond acceptors (Lipinski definition) is 6. The molecule has 5 rings (SSSR count). The Balaban J connectivity index is 1.88. The Hall–Kier alpha value is -4.02. The van der Waals surface area contributed by atoms with Crippen LogP contribution < -0.4 is 15.9 Å². The Morgan fingerprint density at radius 1 is 1.06 bits per heavy atom. The summed E-state index contributed by atoms with van der Waals surface area (Å²) in [5.74, 6) is -0.420. The van der Waals surface area contributed by atoms with E-state index in [4.69, 9.17) is 14.9 Å². The van der Waals surface area contributed by atoms with Gasteiger partial charge in [-0.25, -0.2) is 0 Å². The largest absolute Gasteiger partial charge is 0.507 e. The predicted octanol–water partition coefficient (Wildman–Crippen LogP) is 5.15. The summed E-state index contributed by atoms with van der Waals surface area (Å²) < 4.78 is 12.8. The highest BCUT2D eigenvalue weighted by Gasteiger charge is 2.35. The molecule has 1 aliphatic rings. The molecule has 4 aromatic rings. The number of phenols is 1. The van der Waals surface area contributed by atoms with Crippen molar-refractivity contribution in [2.45, 2.75) is 5.92 Å². The molecule has 32 heavy (non-hydrogen) atoms. The Labute approximate surface area is 190 Å². The van der Waals surface area contributed by atoms with Gasteiger partial charge in [-0.2, -0.15) is 5.26 Å². The zero-order valence-corrected chi connectivity index (χ0v) is 18.1. The van der Waals surface area contributed by atoms with E-state index in [0.29, 0.717) is 16.9 Å². The topological polar surface area (TPSA) is 109 Å². The quantitative estimate of drug-likeness (QED) is 0.405. The van der Waals surface area contributed by atoms with E-state index >= 15 is 0 Å². The summed E-state index contributed by atoms with van der Waals surface area (Å²) in [4.78, 5) is 13.0. The van der Waals surface area contributed by atoms with Gasteiger partial charge in [0.05, 0.1) is 11.5 Å². The fourth-order valence-corrected chi connectivity index (χ4v) is 4.25. The highest BCUT2D eigenvalue weighted by atomic mass is 79.9. The first-order valence-corrected chi connectivity index (χ1v) is 10.5. The molecule has 1 atom stereocenters. The zero-order chi connectivity index (χ0) is 22.4. The minimum Gasteiger partial charge on any atom is -0.507 e. The van der Waals surface area contributed by atoms with Crippen LogP contribution in [0.4, 0.5) is 0 Å². The van der Waals surface area contributed by atoms with Crippen LogP contribution in [0, 0.1) is 11.3 Å². The monoisotopic (exact) mass is 486 g/mol. The molecule has 6 nitrogen and oxygen atoms in total. The van der Waals surface area contributed by atoms with Crippen LogP contribution in [0.3, 0.4) is 0 Å². The maximum atomic E-state index is 13.0. The number of halogens is 1. The molecule has 0 amide bonds. The molecule has 3 N–H and O–H groups in total. The molecule has 1 unspecified atom stereocenters. The van der Waals surface area contributed by atoms with Crippen LogP contribution in [-0.4, -0.2) is 5.11 Å². The molecule has 156 valence electrons. The number of nitrogens with zero attached hydrogens (tertiary/aromatic N) is 1. The number of ether oxygens (including phenoxy) is 1. The number of nitrogens with two attached hydrogens (primary N) is 1. The Morgan fingerprint density at radius 3 is 2.47 bits per heavy atom. The fraction of sp³-hybridized carbons (Fsp3) is 0.0400. The fourth-order valence-electron chi connectivity index (χ4n) is 3.98. The average molecular weight is 487 g/mol. The van der Waals surface area contributed by atoms with Crippen LogP contribution in [0.15, 0.2) is 91.9 Å². The summed E-state index contributed by atoms with van der Waals surface area (Å²) in [6.07, 6.45) is 0. The van der Waals surface area contributed by atoms with Gasteiger partial charge >= 0.3 is 0 Å². The number of fused-ring (bicyclic) bond motifs is 3. The first-order chi connectivity index (χ1) is 15.5. The van der Waals surface area contributed by atoms with Gasteiger partial charge in [0.15, 0.2) is 5.43 Å². The first kappa shape index (κ1) is 19.9. The third kappa shape index (κ3) is 3.13. The smallest absolute Gasteiger partial charge is 0.205 e. The lowest BCUT2D eigenvalue weighted by Gasteiger charge is -2.27. The van der Waals surface area contributed by atoms with Gasteiger partial charge in [-0.1, -0.05) is 58.4 Å². The van der Waals surface area contributed by atoms with Crippen molar-refractivity contribution >= 4 is 26.9 Å². The maximum absolute atomic E-state index is 13.0. The number of benzene rings is 3. The summed E-state index contributed by atoms with van der Waals surface area (Å²) in [7, 11) is 0. The van der Waals surface area contributed by atoms with Crippen LogP contribution in [-0.2, 0) is 0 Å². The molecule has 0 saturated carbocycles. The van der Waals surface area contributed by atoms with Crippen LogP contribution in [0.5, 0.6) is 11.5 Å². The van der Waals surface area contributed by atoms with E-state index in [2.05, 4.69) is 22.0 Å². The number of rotatable bonds is 2. The van der Waals surface area contributed by atoms with E-state index < -0.39 is 11.3 Å². The van der Waals surface area contributed by atoms with Crippen molar-refractivity contribution in [1.29, 1.82) is 5.26 Å². The molecule has 0 spiro atoms. The van der Waals surface area contributed by atoms with Crippen molar-refractivity contribution in [3.63, 3.8) is 0 Å². The third-order valence-corrected chi connectivity index (χ3v) is 5.96. The average Bonchev–Trinajstić information content (AvgIpc) is 2.79. The van der Waals surface area contributed by atoms with Gasteiger partial charge in [-0.05, 0) is 17.7 Å². The minimum absolute atomic E-state index is 0.0203. The van der Waals surface area contributed by atoms with E-state index in [9.17, 15) is 15.2 Å². The Bertz CT molecular complexity index is 1500. The van der Waals surface area contributed by atoms with Crippen LogP contribution in [0.25, 0.3) is 22.3 Å². The van der Waals surface area contributed by atoms with E-state index in [-0.39, 0.29) is 33.9 Å². The second-order valence-corrected chi connectivity index (χ2v) is 8.24. The van der Waals surface area contributed by atoms with Gasteiger partial charge in [0.1, 0.15) is 39.9 Å². The SMILES string of the molecule is N#CC1=C(N)Oc2cc(O)c3c(=O)cc(-c4ccccc4)oc3c2C1c1ccc(Br)cc1. The van der Waals surface area contributed by atoms with Gasteiger partial charge in [-0.3, -0.25) is 4.79 Å². The van der Waals surface area contributed by atoms with Gasteiger partial charge < -0.3 is 20.0 Å². The van der Waals surface area contributed by atoms with Crippen molar-refractivity contribution in [2.24, 2.45) is 5.73 Å². The van der Waals surface area contributed by atoms with Crippen molar-refractivity contribution in [3.05, 3.63) is 104 Å². The molecule has 0 radical (unpaired) electrons. The van der Waals surface area contributed by atoms with Gasteiger partial charge in [-0.15, -0.1) is 0 Å². The zero-order valence-electron chi connectivity index (χ0n) is 16.5. The normalized spacial score (nSPS) is 15.2. The third-order valence-electron chi connectivity index (χ3n) is 5.43. The molecule has 0 saturated heterocycles. The molecule has 0 aliphatic carbocycles. The van der Waals surface area contributed by atoms with Crippen molar-refractivity contribution in [2.75, 3.05) is 0 Å². The van der Waals surface area contributed by atoms with Crippen molar-refractivity contribution < 1.29 is 14.3 Å². The lowest BCUT2D eigenvalue weighted by molar-refractivity contribution is 0.388. The highest BCUT2D eigenvalue weighted by molar-refractivity contribution is 9.10. The molecular formula is C25H15BrN2O4. The van der Waals surface area contributed by atoms with Crippen molar-refractivity contribution in [1.82, 2.24) is 0 Å². The molecule has 1 aromatic heterocycles. The summed E-state index contributed by atoms with van der Waals surface area (Å²) in [5.41, 5.74) is 7.93. The van der Waals surface area contributed by atoms with Gasteiger partial charge in [0.2, 0.25) is 5.88 Å². The van der Waals surface area contributed by atoms with Crippen molar-refractivity contribution in [3.8, 4) is 28.9 Å².